The van der Waals surface area contributed by atoms with Crippen molar-refractivity contribution in [3.8, 4) is 22.9 Å². The third-order valence-electron chi connectivity index (χ3n) is 3.80. The molecule has 0 amide bonds. The molecule has 0 spiro atoms. The highest BCUT2D eigenvalue weighted by atomic mass is 32.2. The van der Waals surface area contributed by atoms with Crippen LogP contribution >= 0.6 is 0 Å². The van der Waals surface area contributed by atoms with Crippen LogP contribution in [0.1, 0.15) is 11.5 Å². The zero-order valence-corrected chi connectivity index (χ0v) is 15.4. The van der Waals surface area contributed by atoms with Gasteiger partial charge in [0.1, 0.15) is 5.75 Å². The van der Waals surface area contributed by atoms with Gasteiger partial charge in [-0.15, -0.1) is 0 Å². The van der Waals surface area contributed by atoms with E-state index in [1.165, 1.54) is 7.11 Å². The van der Waals surface area contributed by atoms with Gasteiger partial charge >= 0.3 is 0 Å². The summed E-state index contributed by atoms with van der Waals surface area (Å²) < 4.78 is 40.5. The minimum atomic E-state index is -3.56. The van der Waals surface area contributed by atoms with Crippen molar-refractivity contribution in [1.29, 1.82) is 0 Å². The molecular weight excluding hydrogens is 356 g/mol. The fourth-order valence-electron chi connectivity index (χ4n) is 2.40. The summed E-state index contributed by atoms with van der Waals surface area (Å²) in [7, 11) is -0.497. The van der Waals surface area contributed by atoms with Crippen LogP contribution in [-0.2, 0) is 15.6 Å². The average Bonchev–Trinajstić information content (AvgIpc) is 3.09. The first-order valence-electron chi connectivity index (χ1n) is 7.77. The number of hydrogen-bond acceptors (Lipinski definition) is 7. The second kappa shape index (κ2) is 7.17. The molecule has 0 bridgehead atoms. The third-order valence-corrected chi connectivity index (χ3v) is 5.42. The lowest BCUT2D eigenvalue weighted by Crippen LogP contribution is -2.05. The summed E-state index contributed by atoms with van der Waals surface area (Å²) in [6, 6.07) is 11.8. The standard InChI is InChI=1S/C18H18N2O5S/c1-12-4-7-14(8-5-12)26(21,22)11-17-19-18(20-25-17)13-6-9-15(23-2)16(10-13)24-3/h4-10H,11H2,1-3H3. The zero-order chi connectivity index (χ0) is 18.7. The molecule has 2 aromatic carbocycles. The first-order chi connectivity index (χ1) is 12.4. The Hall–Kier alpha value is -2.87. The predicted molar refractivity (Wildman–Crippen MR) is 94.9 cm³/mol. The summed E-state index contributed by atoms with van der Waals surface area (Å²) >= 11 is 0. The molecule has 26 heavy (non-hydrogen) atoms. The van der Waals surface area contributed by atoms with Gasteiger partial charge in [-0.25, -0.2) is 8.42 Å². The molecule has 0 fully saturated rings. The molecule has 3 aromatic rings. The number of hydrogen-bond donors (Lipinski definition) is 0. The van der Waals surface area contributed by atoms with Crippen LogP contribution in [0.25, 0.3) is 11.4 Å². The van der Waals surface area contributed by atoms with Crippen molar-refractivity contribution in [3.63, 3.8) is 0 Å². The molecular formula is C18H18N2O5S. The van der Waals surface area contributed by atoms with Gasteiger partial charge < -0.3 is 14.0 Å². The summed E-state index contributed by atoms with van der Waals surface area (Å²) in [5, 5.41) is 3.86. The second-order valence-corrected chi connectivity index (χ2v) is 7.64. The van der Waals surface area contributed by atoms with Crippen LogP contribution in [0.3, 0.4) is 0 Å². The van der Waals surface area contributed by atoms with E-state index in [1.54, 1.807) is 49.6 Å². The number of nitrogens with zero attached hydrogens (tertiary/aromatic N) is 2. The topological polar surface area (TPSA) is 91.5 Å². The molecule has 0 saturated carbocycles. The summed E-state index contributed by atoms with van der Waals surface area (Å²) in [6.45, 7) is 1.89. The van der Waals surface area contributed by atoms with Gasteiger partial charge in [-0.05, 0) is 37.3 Å². The van der Waals surface area contributed by atoms with Gasteiger partial charge in [0, 0.05) is 5.56 Å². The molecule has 0 aliphatic carbocycles. The monoisotopic (exact) mass is 374 g/mol. The smallest absolute Gasteiger partial charge is 0.242 e. The van der Waals surface area contributed by atoms with Crippen LogP contribution in [0.15, 0.2) is 51.9 Å². The maximum Gasteiger partial charge on any atom is 0.242 e. The number of aromatic nitrogens is 2. The van der Waals surface area contributed by atoms with Crippen LogP contribution in [0.5, 0.6) is 11.5 Å². The summed E-state index contributed by atoms with van der Waals surface area (Å²) in [4.78, 5) is 4.40. The number of aryl methyl sites for hydroxylation is 1. The normalized spacial score (nSPS) is 11.3. The van der Waals surface area contributed by atoms with Crippen LogP contribution in [0, 0.1) is 6.92 Å². The van der Waals surface area contributed by atoms with E-state index in [-0.39, 0.29) is 22.4 Å². The number of methoxy groups -OCH3 is 2. The summed E-state index contributed by atoms with van der Waals surface area (Å²) in [5.41, 5.74) is 1.61. The van der Waals surface area contributed by atoms with E-state index in [0.717, 1.165) is 5.56 Å². The average molecular weight is 374 g/mol. The number of benzene rings is 2. The number of ether oxygens (including phenoxy) is 2. The Balaban J connectivity index is 1.85. The van der Waals surface area contributed by atoms with Crippen molar-refractivity contribution in [2.75, 3.05) is 14.2 Å². The molecule has 0 aliphatic rings. The van der Waals surface area contributed by atoms with Crippen LogP contribution in [-0.4, -0.2) is 32.8 Å². The fraction of sp³-hybridized carbons (Fsp3) is 0.222. The molecule has 136 valence electrons. The maximum absolute atomic E-state index is 12.5. The van der Waals surface area contributed by atoms with Gasteiger partial charge in [-0.1, -0.05) is 22.9 Å². The molecule has 0 unspecified atom stereocenters. The van der Waals surface area contributed by atoms with E-state index in [1.807, 2.05) is 6.92 Å². The minimum Gasteiger partial charge on any atom is -0.493 e. The van der Waals surface area contributed by atoms with Crippen molar-refractivity contribution in [1.82, 2.24) is 10.1 Å². The van der Waals surface area contributed by atoms with Gasteiger partial charge in [0.25, 0.3) is 0 Å². The van der Waals surface area contributed by atoms with Crippen LogP contribution in [0.2, 0.25) is 0 Å². The van der Waals surface area contributed by atoms with Gasteiger partial charge in [0.15, 0.2) is 21.3 Å². The van der Waals surface area contributed by atoms with Crippen molar-refractivity contribution >= 4 is 9.84 Å². The lowest BCUT2D eigenvalue weighted by Gasteiger charge is -2.07. The highest BCUT2D eigenvalue weighted by Gasteiger charge is 2.20. The Morgan fingerprint density at radius 3 is 2.35 bits per heavy atom. The quantitative estimate of drug-likeness (QED) is 0.655. The van der Waals surface area contributed by atoms with Crippen molar-refractivity contribution in [3.05, 3.63) is 53.9 Å². The summed E-state index contributed by atoms with van der Waals surface area (Å²) in [6.07, 6.45) is 0. The first kappa shape index (κ1) is 17.9. The fourth-order valence-corrected chi connectivity index (χ4v) is 3.56. The Bertz CT molecular complexity index is 1010. The third kappa shape index (κ3) is 3.70. The first-order valence-corrected chi connectivity index (χ1v) is 9.42. The van der Waals surface area contributed by atoms with Gasteiger partial charge in [0.2, 0.25) is 11.7 Å². The van der Waals surface area contributed by atoms with E-state index in [4.69, 9.17) is 14.0 Å². The molecule has 0 aliphatic heterocycles. The zero-order valence-electron chi connectivity index (χ0n) is 14.6. The highest BCUT2D eigenvalue weighted by Crippen LogP contribution is 2.31. The van der Waals surface area contributed by atoms with Crippen molar-refractivity contribution in [2.45, 2.75) is 17.6 Å². The Morgan fingerprint density at radius 1 is 1.00 bits per heavy atom. The molecule has 0 radical (unpaired) electrons. The van der Waals surface area contributed by atoms with Crippen molar-refractivity contribution < 1.29 is 22.4 Å². The summed E-state index contributed by atoms with van der Waals surface area (Å²) in [5.74, 6) is 1.03. The number of sulfone groups is 1. The predicted octanol–water partition coefficient (Wildman–Crippen LogP) is 3.04. The molecule has 8 heteroatoms. The molecule has 0 atom stereocenters. The Morgan fingerprint density at radius 2 is 1.69 bits per heavy atom. The SMILES string of the molecule is COc1ccc(-c2noc(CS(=O)(=O)c3ccc(C)cc3)n2)cc1OC. The van der Waals surface area contributed by atoms with Crippen LogP contribution in [0.4, 0.5) is 0 Å². The Labute approximate surface area is 151 Å². The van der Waals surface area contributed by atoms with E-state index >= 15 is 0 Å². The van der Waals surface area contributed by atoms with E-state index in [2.05, 4.69) is 10.1 Å². The van der Waals surface area contributed by atoms with E-state index in [9.17, 15) is 8.42 Å². The molecule has 1 aromatic heterocycles. The molecule has 0 saturated heterocycles. The van der Waals surface area contributed by atoms with E-state index < -0.39 is 9.84 Å². The van der Waals surface area contributed by atoms with Crippen LogP contribution < -0.4 is 9.47 Å². The lowest BCUT2D eigenvalue weighted by atomic mass is 10.2. The minimum absolute atomic E-state index is 0.0235. The number of rotatable bonds is 6. The molecule has 0 N–H and O–H groups in total. The van der Waals surface area contributed by atoms with Gasteiger partial charge in [-0.3, -0.25) is 0 Å². The Kier molecular flexibility index (Phi) is 4.94. The van der Waals surface area contributed by atoms with E-state index in [0.29, 0.717) is 17.1 Å². The molecule has 3 rings (SSSR count). The maximum atomic E-state index is 12.5. The van der Waals surface area contributed by atoms with Crippen molar-refractivity contribution in [2.24, 2.45) is 0 Å². The van der Waals surface area contributed by atoms with Gasteiger partial charge in [-0.2, -0.15) is 4.98 Å². The molecule has 1 heterocycles. The largest absolute Gasteiger partial charge is 0.493 e. The second-order valence-electron chi connectivity index (χ2n) is 5.65. The highest BCUT2D eigenvalue weighted by molar-refractivity contribution is 7.90. The molecule has 7 nitrogen and oxygen atoms in total. The lowest BCUT2D eigenvalue weighted by molar-refractivity contribution is 0.355. The van der Waals surface area contributed by atoms with Gasteiger partial charge in [0.05, 0.1) is 19.1 Å².